The van der Waals surface area contributed by atoms with E-state index in [0.717, 1.165) is 15.8 Å². The highest BCUT2D eigenvalue weighted by molar-refractivity contribution is 7.17. The molecule has 0 unspecified atom stereocenters. The number of carbonyl (C=O) groups excluding carboxylic acids is 1. The van der Waals surface area contributed by atoms with Gasteiger partial charge in [-0.15, -0.1) is 11.3 Å². The highest BCUT2D eigenvalue weighted by atomic mass is 32.1. The van der Waals surface area contributed by atoms with Crippen LogP contribution in [0.2, 0.25) is 0 Å². The number of pyridine rings is 1. The van der Waals surface area contributed by atoms with Crippen molar-refractivity contribution in [2.75, 3.05) is 13.1 Å². The van der Waals surface area contributed by atoms with Crippen LogP contribution in [0.5, 0.6) is 0 Å². The second kappa shape index (κ2) is 6.27. The molecular formula is C20H18F2N2O2S. The van der Waals surface area contributed by atoms with Crippen LogP contribution in [0, 0.1) is 12.7 Å². The van der Waals surface area contributed by atoms with Crippen molar-refractivity contribution in [3.63, 3.8) is 0 Å². The molecule has 0 aliphatic carbocycles. The predicted molar refractivity (Wildman–Crippen MR) is 102 cm³/mol. The number of likely N-dealkylation sites (tertiary alicyclic amines) is 1. The van der Waals surface area contributed by atoms with E-state index in [1.165, 1.54) is 33.8 Å². The van der Waals surface area contributed by atoms with Gasteiger partial charge in [0.25, 0.3) is 5.56 Å². The van der Waals surface area contributed by atoms with E-state index >= 15 is 0 Å². The topological polar surface area (TPSA) is 42.3 Å². The number of thiophene rings is 1. The van der Waals surface area contributed by atoms with Crippen LogP contribution >= 0.6 is 11.3 Å². The molecule has 140 valence electrons. The summed E-state index contributed by atoms with van der Waals surface area (Å²) >= 11 is 1.43. The van der Waals surface area contributed by atoms with Gasteiger partial charge < -0.3 is 9.47 Å². The number of amides is 1. The molecule has 7 heteroatoms. The summed E-state index contributed by atoms with van der Waals surface area (Å²) in [4.78, 5) is 26.7. The van der Waals surface area contributed by atoms with Crippen molar-refractivity contribution in [3.8, 4) is 11.1 Å². The lowest BCUT2D eigenvalue weighted by molar-refractivity contribution is -0.144. The van der Waals surface area contributed by atoms with Gasteiger partial charge in [0.2, 0.25) is 5.91 Å². The number of nitrogens with zero attached hydrogens (tertiary/aromatic N) is 2. The zero-order chi connectivity index (χ0) is 19.3. The van der Waals surface area contributed by atoms with Gasteiger partial charge in [-0.05, 0) is 43.2 Å². The second-order valence-corrected chi connectivity index (χ2v) is 8.18. The fourth-order valence-electron chi connectivity index (χ4n) is 3.41. The number of aromatic nitrogens is 1. The SMILES string of the molecule is Cc1cc(-c2csc3ccn(CC(=O)N4CC(C)(F)C4)c(=O)c23)ccc1F. The minimum Gasteiger partial charge on any atom is -0.335 e. The van der Waals surface area contributed by atoms with E-state index in [1.54, 1.807) is 31.3 Å². The highest BCUT2D eigenvalue weighted by Crippen LogP contribution is 2.32. The monoisotopic (exact) mass is 388 g/mol. The van der Waals surface area contributed by atoms with Crippen LogP contribution in [0.25, 0.3) is 21.2 Å². The third-order valence-corrected chi connectivity index (χ3v) is 5.82. The summed E-state index contributed by atoms with van der Waals surface area (Å²) in [6, 6.07) is 6.54. The molecule has 1 aliphatic rings. The second-order valence-electron chi connectivity index (χ2n) is 7.26. The first kappa shape index (κ1) is 17.9. The first-order chi connectivity index (χ1) is 12.7. The Labute approximate surface area is 158 Å². The molecule has 1 amide bonds. The van der Waals surface area contributed by atoms with Gasteiger partial charge >= 0.3 is 0 Å². The molecule has 0 spiro atoms. The number of alkyl halides is 1. The van der Waals surface area contributed by atoms with Crippen molar-refractivity contribution in [1.29, 1.82) is 0 Å². The van der Waals surface area contributed by atoms with E-state index in [2.05, 4.69) is 0 Å². The van der Waals surface area contributed by atoms with Crippen LogP contribution in [0.1, 0.15) is 12.5 Å². The number of carbonyl (C=O) groups is 1. The van der Waals surface area contributed by atoms with Crippen LogP contribution in [0.4, 0.5) is 8.78 Å². The summed E-state index contributed by atoms with van der Waals surface area (Å²) in [5.41, 5.74) is 0.376. The fraction of sp³-hybridized carbons (Fsp3) is 0.300. The number of hydrogen-bond donors (Lipinski definition) is 0. The lowest BCUT2D eigenvalue weighted by atomic mass is 9.99. The molecule has 1 aliphatic heterocycles. The highest BCUT2D eigenvalue weighted by Gasteiger charge is 2.41. The van der Waals surface area contributed by atoms with Crippen molar-refractivity contribution >= 4 is 27.3 Å². The molecule has 3 heterocycles. The molecule has 4 nitrogen and oxygen atoms in total. The Morgan fingerprint density at radius 1 is 1.30 bits per heavy atom. The van der Waals surface area contributed by atoms with Gasteiger partial charge in [-0.25, -0.2) is 8.78 Å². The summed E-state index contributed by atoms with van der Waals surface area (Å²) < 4.78 is 29.4. The molecule has 3 aromatic rings. The van der Waals surface area contributed by atoms with Gasteiger partial charge in [-0.1, -0.05) is 6.07 Å². The van der Waals surface area contributed by atoms with Crippen LogP contribution in [-0.4, -0.2) is 34.1 Å². The third-order valence-electron chi connectivity index (χ3n) is 4.87. The van der Waals surface area contributed by atoms with Crippen molar-refractivity contribution in [2.24, 2.45) is 0 Å². The Morgan fingerprint density at radius 2 is 2.04 bits per heavy atom. The van der Waals surface area contributed by atoms with Crippen molar-refractivity contribution in [3.05, 3.63) is 57.6 Å². The van der Waals surface area contributed by atoms with Gasteiger partial charge in [0, 0.05) is 21.8 Å². The lowest BCUT2D eigenvalue weighted by Gasteiger charge is -2.42. The van der Waals surface area contributed by atoms with E-state index < -0.39 is 5.67 Å². The minimum atomic E-state index is -1.34. The normalized spacial score (nSPS) is 15.8. The minimum absolute atomic E-state index is 0.0569. The Morgan fingerprint density at radius 3 is 2.70 bits per heavy atom. The van der Waals surface area contributed by atoms with E-state index in [4.69, 9.17) is 0 Å². The van der Waals surface area contributed by atoms with Crippen molar-refractivity contribution < 1.29 is 13.6 Å². The third kappa shape index (κ3) is 3.16. The molecule has 2 aromatic heterocycles. The van der Waals surface area contributed by atoms with Gasteiger partial charge in [-0.2, -0.15) is 0 Å². The average molecular weight is 388 g/mol. The Balaban J connectivity index is 1.70. The van der Waals surface area contributed by atoms with Crippen molar-refractivity contribution in [1.82, 2.24) is 9.47 Å². The van der Waals surface area contributed by atoms with Gasteiger partial charge in [0.05, 0.1) is 18.5 Å². The maximum absolute atomic E-state index is 13.6. The van der Waals surface area contributed by atoms with Crippen LogP contribution in [0.3, 0.4) is 0 Å². The Bertz CT molecular complexity index is 1110. The van der Waals surface area contributed by atoms with Gasteiger partial charge in [0.15, 0.2) is 0 Å². The molecule has 0 bridgehead atoms. The maximum Gasteiger partial charge on any atom is 0.260 e. The zero-order valence-corrected chi connectivity index (χ0v) is 15.8. The molecule has 0 saturated carbocycles. The van der Waals surface area contributed by atoms with E-state index in [-0.39, 0.29) is 36.9 Å². The summed E-state index contributed by atoms with van der Waals surface area (Å²) in [6.07, 6.45) is 1.59. The Kier molecular flexibility index (Phi) is 4.14. The predicted octanol–water partition coefficient (Wildman–Crippen LogP) is 3.75. The van der Waals surface area contributed by atoms with E-state index in [0.29, 0.717) is 10.9 Å². The van der Waals surface area contributed by atoms with Crippen LogP contribution < -0.4 is 5.56 Å². The molecule has 1 aromatic carbocycles. The summed E-state index contributed by atoms with van der Waals surface area (Å²) in [7, 11) is 0. The average Bonchev–Trinajstić information content (AvgIpc) is 3.02. The number of hydrogen-bond acceptors (Lipinski definition) is 3. The molecule has 4 rings (SSSR count). The quantitative estimate of drug-likeness (QED) is 0.686. The summed E-state index contributed by atoms with van der Waals surface area (Å²) in [5.74, 6) is -0.573. The maximum atomic E-state index is 13.6. The fourth-order valence-corrected chi connectivity index (χ4v) is 4.36. The van der Waals surface area contributed by atoms with E-state index in [1.807, 2.05) is 5.38 Å². The molecule has 0 N–H and O–H groups in total. The first-order valence-corrected chi connectivity index (χ1v) is 9.47. The van der Waals surface area contributed by atoms with Crippen LogP contribution in [-0.2, 0) is 11.3 Å². The Hall–Kier alpha value is -2.54. The number of halogens is 2. The first-order valence-electron chi connectivity index (χ1n) is 8.59. The van der Waals surface area contributed by atoms with Gasteiger partial charge in [-0.3, -0.25) is 9.59 Å². The molecule has 1 saturated heterocycles. The molecule has 0 radical (unpaired) electrons. The standard InChI is InChI=1S/C20H18F2N2O2S/c1-12-7-13(3-4-15(12)21)14-9-27-16-5-6-23(19(26)18(14)16)8-17(25)24-10-20(2,22)11-24/h3-7,9H,8,10-11H2,1-2H3. The molecular weight excluding hydrogens is 370 g/mol. The molecule has 27 heavy (non-hydrogen) atoms. The van der Waals surface area contributed by atoms with Crippen LogP contribution in [0.15, 0.2) is 40.6 Å². The number of benzene rings is 1. The lowest BCUT2D eigenvalue weighted by Crippen LogP contribution is -2.60. The smallest absolute Gasteiger partial charge is 0.260 e. The number of aryl methyl sites for hydroxylation is 1. The largest absolute Gasteiger partial charge is 0.335 e. The van der Waals surface area contributed by atoms with Crippen molar-refractivity contribution in [2.45, 2.75) is 26.1 Å². The molecule has 1 fully saturated rings. The number of fused-ring (bicyclic) bond motifs is 1. The summed E-state index contributed by atoms with van der Waals surface area (Å²) in [6.45, 7) is 3.12. The number of rotatable bonds is 3. The zero-order valence-electron chi connectivity index (χ0n) is 15.0. The van der Waals surface area contributed by atoms with Gasteiger partial charge in [0.1, 0.15) is 18.0 Å². The summed E-state index contributed by atoms with van der Waals surface area (Å²) in [5, 5.41) is 2.38. The van der Waals surface area contributed by atoms with E-state index in [9.17, 15) is 18.4 Å². The molecule has 0 atom stereocenters.